The SMILES string of the molecule is CC(C)[C@H](NC(=O)c1[nH]ncc1Br)c1ccccn1. The van der Waals surface area contributed by atoms with Crippen LogP contribution >= 0.6 is 15.9 Å². The molecule has 0 aliphatic carbocycles. The van der Waals surface area contributed by atoms with Crippen molar-refractivity contribution in [2.75, 3.05) is 0 Å². The number of amides is 1. The summed E-state index contributed by atoms with van der Waals surface area (Å²) in [6, 6.07) is 5.54. The third-order valence-corrected chi connectivity index (χ3v) is 3.38. The van der Waals surface area contributed by atoms with Crippen molar-refractivity contribution < 1.29 is 4.79 Å². The van der Waals surface area contributed by atoms with Crippen LogP contribution < -0.4 is 5.32 Å². The fourth-order valence-corrected chi connectivity index (χ4v) is 2.16. The smallest absolute Gasteiger partial charge is 0.271 e. The molecule has 1 atom stereocenters. The van der Waals surface area contributed by atoms with Gasteiger partial charge in [0.25, 0.3) is 5.91 Å². The van der Waals surface area contributed by atoms with Gasteiger partial charge in [0.05, 0.1) is 22.4 Å². The van der Waals surface area contributed by atoms with Gasteiger partial charge in [-0.3, -0.25) is 14.9 Å². The summed E-state index contributed by atoms with van der Waals surface area (Å²) < 4.78 is 0.647. The summed E-state index contributed by atoms with van der Waals surface area (Å²) in [4.78, 5) is 16.5. The Labute approximate surface area is 120 Å². The van der Waals surface area contributed by atoms with Gasteiger partial charge >= 0.3 is 0 Å². The second-order valence-corrected chi connectivity index (χ2v) is 5.40. The number of nitrogens with one attached hydrogen (secondary N) is 2. The molecule has 2 rings (SSSR count). The van der Waals surface area contributed by atoms with E-state index in [2.05, 4.69) is 36.4 Å². The molecule has 2 aromatic rings. The van der Waals surface area contributed by atoms with Crippen LogP contribution in [0.5, 0.6) is 0 Å². The van der Waals surface area contributed by atoms with Crippen LogP contribution in [-0.2, 0) is 0 Å². The lowest BCUT2D eigenvalue weighted by Gasteiger charge is -2.21. The summed E-state index contributed by atoms with van der Waals surface area (Å²) in [5.74, 6) is 0.0364. The zero-order chi connectivity index (χ0) is 13.8. The monoisotopic (exact) mass is 322 g/mol. The molecule has 0 spiro atoms. The molecule has 2 N–H and O–H groups in total. The Hall–Kier alpha value is -1.69. The lowest BCUT2D eigenvalue weighted by Crippen LogP contribution is -2.32. The molecule has 6 heteroatoms. The number of carbonyl (C=O) groups excluding carboxylic acids is 1. The standard InChI is InChI=1S/C13H15BrN4O/c1-8(2)11(10-5-3-4-6-15-10)17-13(19)12-9(14)7-16-18-12/h3-8,11H,1-2H3,(H,16,18)(H,17,19)/t11-/m0/s1. The molecule has 0 aliphatic heterocycles. The summed E-state index contributed by atoms with van der Waals surface area (Å²) in [6.45, 7) is 4.09. The minimum atomic E-state index is -0.200. The van der Waals surface area contributed by atoms with Crippen LogP contribution in [0.1, 0.15) is 36.1 Å². The third kappa shape index (κ3) is 3.20. The number of pyridine rings is 1. The first kappa shape index (κ1) is 13.7. The van der Waals surface area contributed by atoms with Gasteiger partial charge in [0.15, 0.2) is 0 Å². The number of halogens is 1. The van der Waals surface area contributed by atoms with Crippen molar-refractivity contribution in [1.82, 2.24) is 20.5 Å². The molecule has 0 radical (unpaired) electrons. The average molecular weight is 323 g/mol. The quantitative estimate of drug-likeness (QED) is 0.909. The number of rotatable bonds is 4. The van der Waals surface area contributed by atoms with Gasteiger partial charge in [-0.1, -0.05) is 19.9 Å². The zero-order valence-corrected chi connectivity index (χ0v) is 12.3. The van der Waals surface area contributed by atoms with Crippen molar-refractivity contribution in [2.24, 2.45) is 5.92 Å². The Kier molecular flexibility index (Phi) is 4.31. The maximum atomic E-state index is 12.2. The van der Waals surface area contributed by atoms with Crippen molar-refractivity contribution >= 4 is 21.8 Å². The topological polar surface area (TPSA) is 70.7 Å². The van der Waals surface area contributed by atoms with E-state index >= 15 is 0 Å². The number of hydrogen-bond acceptors (Lipinski definition) is 3. The molecule has 0 saturated carbocycles. The molecule has 0 saturated heterocycles. The molecule has 1 amide bonds. The summed E-state index contributed by atoms with van der Waals surface area (Å²) in [7, 11) is 0. The second kappa shape index (κ2) is 5.97. The number of aromatic amines is 1. The van der Waals surface area contributed by atoms with Crippen LogP contribution in [0.3, 0.4) is 0 Å². The van der Waals surface area contributed by atoms with E-state index in [9.17, 15) is 4.79 Å². The summed E-state index contributed by atoms with van der Waals surface area (Å²) in [6.07, 6.45) is 3.28. The number of hydrogen-bond donors (Lipinski definition) is 2. The summed E-state index contributed by atoms with van der Waals surface area (Å²) in [5, 5.41) is 9.46. The van der Waals surface area contributed by atoms with Crippen LogP contribution in [0.25, 0.3) is 0 Å². The van der Waals surface area contributed by atoms with E-state index in [0.29, 0.717) is 10.2 Å². The predicted molar refractivity (Wildman–Crippen MR) is 75.6 cm³/mol. The van der Waals surface area contributed by atoms with E-state index in [4.69, 9.17) is 0 Å². The minimum absolute atomic E-state index is 0.135. The first-order valence-electron chi connectivity index (χ1n) is 6.00. The first-order chi connectivity index (χ1) is 9.09. The maximum absolute atomic E-state index is 12.2. The van der Waals surface area contributed by atoms with Gasteiger partial charge in [-0.15, -0.1) is 0 Å². The molecular formula is C13H15BrN4O. The molecule has 5 nitrogen and oxygen atoms in total. The Morgan fingerprint density at radius 1 is 1.42 bits per heavy atom. The molecule has 0 bridgehead atoms. The highest BCUT2D eigenvalue weighted by atomic mass is 79.9. The van der Waals surface area contributed by atoms with Crippen LogP contribution in [0.4, 0.5) is 0 Å². The largest absolute Gasteiger partial charge is 0.342 e. The summed E-state index contributed by atoms with van der Waals surface area (Å²) in [5.41, 5.74) is 1.27. The highest BCUT2D eigenvalue weighted by Gasteiger charge is 2.21. The Morgan fingerprint density at radius 2 is 2.21 bits per heavy atom. The van der Waals surface area contributed by atoms with Crippen molar-refractivity contribution in [3.05, 3.63) is 46.5 Å². The highest BCUT2D eigenvalue weighted by molar-refractivity contribution is 9.10. The highest BCUT2D eigenvalue weighted by Crippen LogP contribution is 2.21. The Bertz CT molecular complexity index is 553. The predicted octanol–water partition coefficient (Wildman–Crippen LogP) is 2.69. The average Bonchev–Trinajstić information content (AvgIpc) is 2.82. The van der Waals surface area contributed by atoms with E-state index in [1.165, 1.54) is 0 Å². The van der Waals surface area contributed by atoms with Crippen molar-refractivity contribution in [2.45, 2.75) is 19.9 Å². The Morgan fingerprint density at radius 3 is 2.74 bits per heavy atom. The van der Waals surface area contributed by atoms with Crippen molar-refractivity contribution in [3.8, 4) is 0 Å². The molecule has 2 heterocycles. The van der Waals surface area contributed by atoms with Crippen LogP contribution in [0, 0.1) is 5.92 Å². The normalized spacial score (nSPS) is 12.4. The molecule has 2 aromatic heterocycles. The van der Waals surface area contributed by atoms with Crippen LogP contribution in [0.15, 0.2) is 35.1 Å². The molecule has 0 unspecified atom stereocenters. The van der Waals surface area contributed by atoms with Gasteiger partial charge in [0.1, 0.15) is 5.69 Å². The molecular weight excluding hydrogens is 308 g/mol. The van der Waals surface area contributed by atoms with Gasteiger partial charge < -0.3 is 5.32 Å². The van der Waals surface area contributed by atoms with Crippen LogP contribution in [0.2, 0.25) is 0 Å². The van der Waals surface area contributed by atoms with Gasteiger partial charge in [-0.05, 0) is 34.0 Å². The lowest BCUT2D eigenvalue weighted by molar-refractivity contribution is 0.0918. The first-order valence-corrected chi connectivity index (χ1v) is 6.79. The molecule has 0 fully saturated rings. The van der Waals surface area contributed by atoms with Gasteiger partial charge in [-0.2, -0.15) is 5.10 Å². The van der Waals surface area contributed by atoms with Gasteiger partial charge in [0.2, 0.25) is 0 Å². The molecule has 0 aliphatic rings. The molecule has 19 heavy (non-hydrogen) atoms. The number of carbonyl (C=O) groups is 1. The van der Waals surface area contributed by atoms with E-state index in [1.807, 2.05) is 32.0 Å². The fourth-order valence-electron chi connectivity index (χ4n) is 1.79. The van der Waals surface area contributed by atoms with E-state index in [-0.39, 0.29) is 17.9 Å². The van der Waals surface area contributed by atoms with E-state index < -0.39 is 0 Å². The van der Waals surface area contributed by atoms with Gasteiger partial charge in [-0.25, -0.2) is 0 Å². The van der Waals surface area contributed by atoms with Crippen molar-refractivity contribution in [3.63, 3.8) is 0 Å². The number of H-pyrrole nitrogens is 1. The summed E-state index contributed by atoms with van der Waals surface area (Å²) >= 11 is 3.28. The second-order valence-electron chi connectivity index (χ2n) is 4.54. The molecule has 100 valence electrons. The minimum Gasteiger partial charge on any atom is -0.342 e. The van der Waals surface area contributed by atoms with Crippen LogP contribution in [-0.4, -0.2) is 21.1 Å². The van der Waals surface area contributed by atoms with E-state index in [0.717, 1.165) is 5.69 Å². The Balaban J connectivity index is 2.19. The zero-order valence-electron chi connectivity index (χ0n) is 10.7. The van der Waals surface area contributed by atoms with Gasteiger partial charge in [0, 0.05) is 6.20 Å². The number of nitrogens with zero attached hydrogens (tertiary/aromatic N) is 2. The van der Waals surface area contributed by atoms with E-state index in [1.54, 1.807) is 12.4 Å². The molecule has 0 aromatic carbocycles. The number of aromatic nitrogens is 3. The maximum Gasteiger partial charge on any atom is 0.271 e. The fraction of sp³-hybridized carbons (Fsp3) is 0.308. The van der Waals surface area contributed by atoms with Crippen molar-refractivity contribution in [1.29, 1.82) is 0 Å². The third-order valence-electron chi connectivity index (χ3n) is 2.78. The lowest BCUT2D eigenvalue weighted by atomic mass is 10.00.